The lowest BCUT2D eigenvalue weighted by atomic mass is 9.99. The third kappa shape index (κ3) is 4.05. The van der Waals surface area contributed by atoms with Crippen molar-refractivity contribution in [2.75, 3.05) is 18.4 Å². The van der Waals surface area contributed by atoms with Crippen molar-refractivity contribution in [2.24, 2.45) is 0 Å². The molecule has 1 aliphatic rings. The first-order valence-corrected chi connectivity index (χ1v) is 11.8. The average Bonchev–Trinajstić information content (AvgIpc) is 3.11. The molecule has 0 fully saturated rings. The first-order chi connectivity index (χ1) is 14.4. The molecule has 0 saturated heterocycles. The van der Waals surface area contributed by atoms with Gasteiger partial charge in [0.1, 0.15) is 11.3 Å². The number of sulfonamides is 1. The number of anilines is 1. The number of phenols is 1. The van der Waals surface area contributed by atoms with Crippen molar-refractivity contribution in [3.63, 3.8) is 0 Å². The summed E-state index contributed by atoms with van der Waals surface area (Å²) in [4.78, 5) is 4.32. The van der Waals surface area contributed by atoms with E-state index < -0.39 is 10.0 Å². The molecule has 0 aliphatic carbocycles. The van der Waals surface area contributed by atoms with Gasteiger partial charge in [-0.2, -0.15) is 4.31 Å². The molecule has 2 aromatic carbocycles. The topological polar surface area (TPSA) is 82.5 Å². The summed E-state index contributed by atoms with van der Waals surface area (Å²) in [6.07, 6.45) is 0.664. The summed E-state index contributed by atoms with van der Waals surface area (Å²) >= 11 is 1.52. The van der Waals surface area contributed by atoms with Gasteiger partial charge in [0, 0.05) is 29.7 Å². The minimum Gasteiger partial charge on any atom is -0.506 e. The molecular weight excluding hydrogens is 418 g/mol. The van der Waals surface area contributed by atoms with Gasteiger partial charge >= 0.3 is 0 Å². The molecule has 2 N–H and O–H groups in total. The van der Waals surface area contributed by atoms with Gasteiger partial charge in [-0.15, -0.1) is 11.3 Å². The van der Waals surface area contributed by atoms with E-state index in [9.17, 15) is 13.5 Å². The zero-order valence-electron chi connectivity index (χ0n) is 16.5. The molecule has 30 heavy (non-hydrogen) atoms. The number of aromatic hydroxyl groups is 1. The van der Waals surface area contributed by atoms with E-state index in [0.29, 0.717) is 31.6 Å². The summed E-state index contributed by atoms with van der Waals surface area (Å²) in [5.74, 6) is 6.27. The number of hydrogen-bond acceptors (Lipinski definition) is 6. The van der Waals surface area contributed by atoms with Crippen molar-refractivity contribution in [3.8, 4) is 17.6 Å². The number of nitrogens with zero attached hydrogens (tertiary/aromatic N) is 2. The van der Waals surface area contributed by atoms with Crippen LogP contribution in [0.4, 0.5) is 5.69 Å². The Balaban J connectivity index is 1.51. The molecule has 6 nitrogen and oxygen atoms in total. The Labute approximate surface area is 179 Å². The molecular formula is C22H21N3O3S2. The van der Waals surface area contributed by atoms with Crippen LogP contribution in [-0.2, 0) is 23.0 Å². The molecule has 0 amide bonds. The number of hydrogen-bond donors (Lipinski definition) is 2. The van der Waals surface area contributed by atoms with Crippen LogP contribution in [0.5, 0.6) is 5.75 Å². The van der Waals surface area contributed by atoms with Gasteiger partial charge in [-0.3, -0.25) is 0 Å². The van der Waals surface area contributed by atoms with Crippen LogP contribution < -0.4 is 5.32 Å². The molecule has 0 spiro atoms. The monoisotopic (exact) mass is 439 g/mol. The van der Waals surface area contributed by atoms with Crippen molar-refractivity contribution >= 4 is 37.3 Å². The quantitative estimate of drug-likeness (QED) is 0.607. The Morgan fingerprint density at radius 2 is 2.23 bits per heavy atom. The van der Waals surface area contributed by atoms with Gasteiger partial charge in [-0.25, -0.2) is 13.4 Å². The minimum absolute atomic E-state index is 0.134. The fraction of sp³-hybridized carbons (Fsp3) is 0.227. The summed E-state index contributed by atoms with van der Waals surface area (Å²) in [7, 11) is -3.45. The Morgan fingerprint density at radius 1 is 1.40 bits per heavy atom. The molecule has 2 heterocycles. The van der Waals surface area contributed by atoms with Crippen molar-refractivity contribution < 1.29 is 13.5 Å². The van der Waals surface area contributed by atoms with Crippen LogP contribution in [0.2, 0.25) is 0 Å². The average molecular weight is 440 g/mol. The second-order valence-corrected chi connectivity index (χ2v) is 10.1. The first kappa shape index (κ1) is 20.4. The number of aryl methyl sites for hydroxylation is 1. The maximum atomic E-state index is 12.2. The summed E-state index contributed by atoms with van der Waals surface area (Å²) in [5.41, 5.74) is 4.32. The van der Waals surface area contributed by atoms with E-state index in [1.807, 2.05) is 31.2 Å². The highest BCUT2D eigenvalue weighted by Gasteiger charge is 2.25. The van der Waals surface area contributed by atoms with Crippen LogP contribution in [0.3, 0.4) is 0 Å². The number of nitrogens with one attached hydrogen (secondary N) is 1. The molecule has 0 saturated carbocycles. The second kappa shape index (κ2) is 8.11. The summed E-state index contributed by atoms with van der Waals surface area (Å²) in [5, 5.41) is 15.3. The highest BCUT2D eigenvalue weighted by molar-refractivity contribution is 7.92. The van der Waals surface area contributed by atoms with Gasteiger partial charge in [0.25, 0.3) is 0 Å². The molecule has 1 aliphatic heterocycles. The third-order valence-corrected chi connectivity index (χ3v) is 7.36. The van der Waals surface area contributed by atoms with E-state index in [1.54, 1.807) is 6.07 Å². The maximum Gasteiger partial charge on any atom is 0.235 e. The number of fused-ring (bicyclic) bond motifs is 2. The summed E-state index contributed by atoms with van der Waals surface area (Å²) in [6.45, 7) is 6.48. The summed E-state index contributed by atoms with van der Waals surface area (Å²) in [6, 6.07) is 9.47. The Morgan fingerprint density at radius 3 is 3.03 bits per heavy atom. The van der Waals surface area contributed by atoms with Gasteiger partial charge in [0.2, 0.25) is 10.0 Å². The van der Waals surface area contributed by atoms with E-state index in [-0.39, 0.29) is 5.75 Å². The Hall–Kier alpha value is -2.86. The fourth-order valence-electron chi connectivity index (χ4n) is 3.52. The predicted octanol–water partition coefficient (Wildman–Crippen LogP) is 3.61. The molecule has 0 radical (unpaired) electrons. The van der Waals surface area contributed by atoms with Crippen LogP contribution >= 0.6 is 11.3 Å². The highest BCUT2D eigenvalue weighted by atomic mass is 32.2. The first-order valence-electron chi connectivity index (χ1n) is 9.43. The highest BCUT2D eigenvalue weighted by Crippen LogP contribution is 2.30. The van der Waals surface area contributed by atoms with Crippen LogP contribution in [0.15, 0.2) is 42.3 Å². The molecule has 3 aromatic rings. The maximum absolute atomic E-state index is 12.2. The molecule has 4 rings (SSSR count). The SMILES string of the molecule is C=CS(=O)(=O)N1CCc2cccc(NCC#Cc3cc(O)c4nc(C)sc4c3)c2C1. The smallest absolute Gasteiger partial charge is 0.235 e. The van der Waals surface area contributed by atoms with Crippen molar-refractivity contribution in [1.82, 2.24) is 9.29 Å². The largest absolute Gasteiger partial charge is 0.506 e. The molecule has 0 unspecified atom stereocenters. The molecule has 8 heteroatoms. The molecule has 0 bridgehead atoms. The number of aromatic nitrogens is 1. The van der Waals surface area contributed by atoms with Crippen LogP contribution in [0.25, 0.3) is 10.2 Å². The van der Waals surface area contributed by atoms with E-state index in [2.05, 4.69) is 28.7 Å². The fourth-order valence-corrected chi connectivity index (χ4v) is 5.28. The van der Waals surface area contributed by atoms with E-state index in [0.717, 1.165) is 37.5 Å². The number of rotatable bonds is 4. The van der Waals surface area contributed by atoms with Crippen LogP contribution in [-0.4, -0.2) is 35.9 Å². The Bertz CT molecular complexity index is 1300. The van der Waals surface area contributed by atoms with Crippen molar-refractivity contribution in [2.45, 2.75) is 19.9 Å². The summed E-state index contributed by atoms with van der Waals surface area (Å²) < 4.78 is 26.7. The lowest BCUT2D eigenvalue weighted by Crippen LogP contribution is -2.35. The molecule has 154 valence electrons. The van der Waals surface area contributed by atoms with Gasteiger partial charge in [0.05, 0.1) is 16.3 Å². The van der Waals surface area contributed by atoms with E-state index in [1.165, 1.54) is 15.6 Å². The zero-order chi connectivity index (χ0) is 21.3. The normalized spacial score (nSPS) is 14.0. The van der Waals surface area contributed by atoms with Gasteiger partial charge in [-0.1, -0.05) is 30.6 Å². The van der Waals surface area contributed by atoms with Crippen molar-refractivity contribution in [3.05, 3.63) is 64.0 Å². The van der Waals surface area contributed by atoms with E-state index in [4.69, 9.17) is 0 Å². The molecule has 1 aromatic heterocycles. The Kier molecular flexibility index (Phi) is 5.52. The van der Waals surface area contributed by atoms with Crippen LogP contribution in [0.1, 0.15) is 21.7 Å². The lowest BCUT2D eigenvalue weighted by Gasteiger charge is -2.28. The zero-order valence-corrected chi connectivity index (χ0v) is 18.1. The standard InChI is InChI=1S/C22H21N3O3S2/c1-3-30(27,28)25-11-9-17-7-4-8-19(18(17)14-25)23-10-5-6-16-12-20(26)22-21(13-16)29-15(2)24-22/h3-4,7-8,12-13,23,26H,1,9-11,14H2,2H3. The van der Waals surface area contributed by atoms with Crippen LogP contribution in [0, 0.1) is 18.8 Å². The lowest BCUT2D eigenvalue weighted by molar-refractivity contribution is 0.398. The molecule has 0 atom stereocenters. The number of benzene rings is 2. The third-order valence-electron chi connectivity index (χ3n) is 4.99. The predicted molar refractivity (Wildman–Crippen MR) is 121 cm³/mol. The van der Waals surface area contributed by atoms with Gasteiger partial charge in [-0.05, 0) is 42.7 Å². The van der Waals surface area contributed by atoms with E-state index >= 15 is 0 Å². The number of phenolic OH excluding ortho intramolecular Hbond substituents is 1. The van der Waals surface area contributed by atoms with Crippen molar-refractivity contribution in [1.29, 1.82) is 0 Å². The second-order valence-electron chi connectivity index (χ2n) is 6.97. The minimum atomic E-state index is -3.45. The van der Waals surface area contributed by atoms with Gasteiger partial charge in [0.15, 0.2) is 0 Å². The number of thiazole rings is 1. The van der Waals surface area contributed by atoms with Gasteiger partial charge < -0.3 is 10.4 Å².